The molecule has 1 atom stereocenters. The number of nitrogens with one attached hydrogen (secondary N) is 1. The number of rotatable bonds is 4. The lowest BCUT2D eigenvalue weighted by molar-refractivity contribution is 0.0314. The Morgan fingerprint density at radius 1 is 1.48 bits per heavy atom. The van der Waals surface area contributed by atoms with Gasteiger partial charge < -0.3 is 10.1 Å². The molecule has 1 fully saturated rings. The number of hydrogen-bond donors (Lipinski definition) is 1. The quantitative estimate of drug-likeness (QED) is 0.933. The van der Waals surface area contributed by atoms with Crippen LogP contribution in [0.3, 0.4) is 0 Å². The number of anilines is 1. The van der Waals surface area contributed by atoms with E-state index in [4.69, 9.17) is 4.74 Å². The first-order chi connectivity index (χ1) is 10.1. The molecular weight excluding hydrogens is 266 g/mol. The minimum atomic E-state index is -0.108. The lowest BCUT2D eigenvalue weighted by Crippen LogP contribution is -2.33. The maximum Gasteiger partial charge on any atom is 0.223 e. The van der Waals surface area contributed by atoms with Crippen molar-refractivity contribution in [3.8, 4) is 11.3 Å². The maximum absolute atomic E-state index is 5.77. The highest BCUT2D eigenvalue weighted by atomic mass is 16.5. The number of hydrogen-bond acceptors (Lipinski definition) is 5. The zero-order chi connectivity index (χ0) is 14.9. The predicted octanol–water partition coefficient (Wildman–Crippen LogP) is 2.17. The minimum Gasteiger partial charge on any atom is -0.373 e. The van der Waals surface area contributed by atoms with Crippen molar-refractivity contribution in [1.82, 2.24) is 19.7 Å². The molecular formula is C15H21N5O. The van der Waals surface area contributed by atoms with Crippen molar-refractivity contribution < 1.29 is 4.74 Å². The number of aromatic nitrogens is 4. The van der Waals surface area contributed by atoms with E-state index in [2.05, 4.69) is 27.3 Å². The molecule has 3 rings (SSSR count). The van der Waals surface area contributed by atoms with Gasteiger partial charge in [-0.2, -0.15) is 5.10 Å². The second-order valence-corrected chi connectivity index (χ2v) is 5.82. The Labute approximate surface area is 124 Å². The third-order valence-corrected chi connectivity index (χ3v) is 3.87. The van der Waals surface area contributed by atoms with Gasteiger partial charge in [0.05, 0.1) is 17.0 Å². The van der Waals surface area contributed by atoms with Gasteiger partial charge in [0.2, 0.25) is 5.95 Å². The Morgan fingerprint density at radius 2 is 2.33 bits per heavy atom. The molecule has 0 amide bonds. The molecule has 0 bridgehead atoms. The molecule has 2 aromatic heterocycles. The first-order valence-corrected chi connectivity index (χ1v) is 7.27. The lowest BCUT2D eigenvalue weighted by atomic mass is 10.0. The molecule has 0 radical (unpaired) electrons. The average Bonchev–Trinajstić information content (AvgIpc) is 3.04. The topological polar surface area (TPSA) is 64.9 Å². The van der Waals surface area contributed by atoms with Gasteiger partial charge in [-0.15, -0.1) is 0 Å². The third-order valence-electron chi connectivity index (χ3n) is 3.87. The molecule has 1 N–H and O–H groups in total. The third kappa shape index (κ3) is 3.05. The second kappa shape index (κ2) is 5.44. The molecule has 112 valence electrons. The van der Waals surface area contributed by atoms with Crippen LogP contribution in [0.2, 0.25) is 0 Å². The average molecular weight is 287 g/mol. The molecule has 6 heteroatoms. The van der Waals surface area contributed by atoms with Crippen molar-refractivity contribution in [3.63, 3.8) is 0 Å². The zero-order valence-electron chi connectivity index (χ0n) is 12.8. The Kier molecular flexibility index (Phi) is 3.63. The van der Waals surface area contributed by atoms with Gasteiger partial charge in [0.25, 0.3) is 0 Å². The van der Waals surface area contributed by atoms with E-state index in [-0.39, 0.29) is 5.60 Å². The smallest absolute Gasteiger partial charge is 0.223 e. The summed E-state index contributed by atoms with van der Waals surface area (Å²) in [4.78, 5) is 8.87. The summed E-state index contributed by atoms with van der Waals surface area (Å²) in [5, 5.41) is 7.64. The van der Waals surface area contributed by atoms with Gasteiger partial charge in [-0.1, -0.05) is 0 Å². The minimum absolute atomic E-state index is 0.108. The van der Waals surface area contributed by atoms with E-state index in [9.17, 15) is 0 Å². The van der Waals surface area contributed by atoms with Crippen LogP contribution in [0.25, 0.3) is 11.3 Å². The van der Waals surface area contributed by atoms with Gasteiger partial charge in [-0.3, -0.25) is 4.68 Å². The van der Waals surface area contributed by atoms with Crippen LogP contribution < -0.4 is 5.32 Å². The Hall–Kier alpha value is -1.95. The first-order valence-electron chi connectivity index (χ1n) is 7.27. The normalized spacial score (nSPS) is 21.7. The summed E-state index contributed by atoms with van der Waals surface area (Å²) in [6.07, 6.45) is 5.94. The highest BCUT2D eigenvalue weighted by Crippen LogP contribution is 2.25. The molecule has 2 aromatic rings. The zero-order valence-corrected chi connectivity index (χ0v) is 12.8. The van der Waals surface area contributed by atoms with Crippen LogP contribution in [0, 0.1) is 6.92 Å². The second-order valence-electron chi connectivity index (χ2n) is 5.82. The Balaban J connectivity index is 1.75. The van der Waals surface area contributed by atoms with Gasteiger partial charge in [0.15, 0.2) is 0 Å². The molecule has 0 spiro atoms. The van der Waals surface area contributed by atoms with Gasteiger partial charge in [0, 0.05) is 38.2 Å². The highest BCUT2D eigenvalue weighted by Gasteiger charge is 2.29. The maximum atomic E-state index is 5.77. The van der Waals surface area contributed by atoms with Crippen LogP contribution in [0.15, 0.2) is 18.5 Å². The molecule has 0 aliphatic carbocycles. The summed E-state index contributed by atoms with van der Waals surface area (Å²) in [5.41, 5.74) is 2.78. The summed E-state index contributed by atoms with van der Waals surface area (Å²) < 4.78 is 7.57. The fourth-order valence-electron chi connectivity index (χ4n) is 2.69. The van der Waals surface area contributed by atoms with Crippen molar-refractivity contribution >= 4 is 5.95 Å². The van der Waals surface area contributed by atoms with Gasteiger partial charge in [-0.05, 0) is 32.8 Å². The Morgan fingerprint density at radius 3 is 3.00 bits per heavy atom. The highest BCUT2D eigenvalue weighted by molar-refractivity contribution is 5.61. The molecule has 0 saturated carbocycles. The van der Waals surface area contributed by atoms with E-state index in [1.54, 1.807) is 10.9 Å². The van der Waals surface area contributed by atoms with Crippen molar-refractivity contribution in [2.45, 2.75) is 32.3 Å². The van der Waals surface area contributed by atoms with Gasteiger partial charge in [-0.25, -0.2) is 9.97 Å². The molecule has 3 heterocycles. The summed E-state index contributed by atoms with van der Waals surface area (Å²) in [6.45, 7) is 5.68. The van der Waals surface area contributed by atoms with Crippen LogP contribution in [-0.4, -0.2) is 38.5 Å². The first kappa shape index (κ1) is 14.0. The van der Waals surface area contributed by atoms with Crippen molar-refractivity contribution in [2.75, 3.05) is 18.5 Å². The molecule has 0 aromatic carbocycles. The van der Waals surface area contributed by atoms with Crippen LogP contribution in [0.4, 0.5) is 5.95 Å². The van der Waals surface area contributed by atoms with Gasteiger partial charge in [0.1, 0.15) is 0 Å². The number of nitrogens with zero attached hydrogens (tertiary/aromatic N) is 4. The summed E-state index contributed by atoms with van der Waals surface area (Å²) in [7, 11) is 1.91. The van der Waals surface area contributed by atoms with E-state index < -0.39 is 0 Å². The SMILES string of the molecule is Cc1nn(C)cc1-c1ccnc(NCC2(C)CCCO2)n1. The van der Waals surface area contributed by atoms with Crippen molar-refractivity contribution in [1.29, 1.82) is 0 Å². The molecule has 1 unspecified atom stereocenters. The van der Waals surface area contributed by atoms with E-state index in [0.29, 0.717) is 5.95 Å². The fraction of sp³-hybridized carbons (Fsp3) is 0.533. The standard InChI is InChI=1S/C15H21N5O/c1-11-12(9-20(3)19-11)13-5-7-16-14(18-13)17-10-15(2)6-4-8-21-15/h5,7,9H,4,6,8,10H2,1-3H3,(H,16,17,18). The van der Waals surface area contributed by atoms with Crippen molar-refractivity contribution in [3.05, 3.63) is 24.2 Å². The molecule has 1 aliphatic rings. The fourth-order valence-corrected chi connectivity index (χ4v) is 2.69. The number of aryl methyl sites for hydroxylation is 2. The van der Waals surface area contributed by atoms with Crippen LogP contribution >= 0.6 is 0 Å². The van der Waals surface area contributed by atoms with E-state index in [0.717, 1.165) is 42.9 Å². The Bertz CT molecular complexity index is 631. The summed E-state index contributed by atoms with van der Waals surface area (Å²) >= 11 is 0. The molecule has 1 aliphatic heterocycles. The van der Waals surface area contributed by atoms with Crippen LogP contribution in [0.1, 0.15) is 25.5 Å². The monoisotopic (exact) mass is 287 g/mol. The molecule has 21 heavy (non-hydrogen) atoms. The largest absolute Gasteiger partial charge is 0.373 e. The van der Waals surface area contributed by atoms with E-state index >= 15 is 0 Å². The predicted molar refractivity (Wildman–Crippen MR) is 81.1 cm³/mol. The summed E-state index contributed by atoms with van der Waals surface area (Å²) in [6, 6.07) is 1.91. The van der Waals surface area contributed by atoms with Crippen LogP contribution in [-0.2, 0) is 11.8 Å². The number of ether oxygens (including phenoxy) is 1. The van der Waals surface area contributed by atoms with Crippen molar-refractivity contribution in [2.24, 2.45) is 7.05 Å². The molecule has 1 saturated heterocycles. The van der Waals surface area contributed by atoms with E-state index in [1.165, 1.54) is 0 Å². The van der Waals surface area contributed by atoms with E-state index in [1.807, 2.05) is 26.2 Å². The lowest BCUT2D eigenvalue weighted by Gasteiger charge is -2.23. The summed E-state index contributed by atoms with van der Waals surface area (Å²) in [5.74, 6) is 0.632. The molecule has 6 nitrogen and oxygen atoms in total. The van der Waals surface area contributed by atoms with Gasteiger partial charge >= 0.3 is 0 Å². The van der Waals surface area contributed by atoms with Crippen LogP contribution in [0.5, 0.6) is 0 Å².